The van der Waals surface area contributed by atoms with Crippen molar-refractivity contribution >= 4 is 5.95 Å². The van der Waals surface area contributed by atoms with Crippen LogP contribution < -0.4 is 5.32 Å². The van der Waals surface area contributed by atoms with E-state index in [9.17, 15) is 0 Å². The van der Waals surface area contributed by atoms with Gasteiger partial charge in [0.25, 0.3) is 0 Å². The van der Waals surface area contributed by atoms with Crippen LogP contribution in [0, 0.1) is 5.92 Å². The summed E-state index contributed by atoms with van der Waals surface area (Å²) in [6, 6.07) is 0.689. The molecule has 1 aromatic heterocycles. The van der Waals surface area contributed by atoms with Gasteiger partial charge in [-0.3, -0.25) is 0 Å². The van der Waals surface area contributed by atoms with Crippen LogP contribution in [0.5, 0.6) is 0 Å². The first-order valence-electron chi connectivity index (χ1n) is 7.27. The molecule has 18 heavy (non-hydrogen) atoms. The second-order valence-corrected chi connectivity index (χ2v) is 5.90. The zero-order chi connectivity index (χ0) is 12.4. The molecule has 1 N–H and O–H groups in total. The molecule has 1 aliphatic carbocycles. The summed E-state index contributed by atoms with van der Waals surface area (Å²) < 4.78 is 2.29. The number of likely N-dealkylation sites (tertiary alicyclic amines) is 1. The van der Waals surface area contributed by atoms with Gasteiger partial charge in [0.1, 0.15) is 0 Å². The second kappa shape index (κ2) is 5.31. The lowest BCUT2D eigenvalue weighted by atomic mass is 9.94. The Morgan fingerprint density at radius 1 is 1.28 bits per heavy atom. The molecule has 0 atom stereocenters. The molecular weight excluding hydrogens is 224 g/mol. The minimum absolute atomic E-state index is 0.689. The summed E-state index contributed by atoms with van der Waals surface area (Å²) in [6.07, 6.45) is 10.7. The van der Waals surface area contributed by atoms with Crippen molar-refractivity contribution in [1.82, 2.24) is 14.5 Å². The molecule has 0 aromatic carbocycles. The van der Waals surface area contributed by atoms with Crippen molar-refractivity contribution in [3.8, 4) is 0 Å². The van der Waals surface area contributed by atoms with Gasteiger partial charge < -0.3 is 14.8 Å². The number of piperidine rings is 1. The third-order valence-electron chi connectivity index (χ3n) is 4.24. The first-order chi connectivity index (χ1) is 8.81. The van der Waals surface area contributed by atoms with E-state index in [1.54, 1.807) is 0 Å². The molecule has 2 aliphatic rings. The van der Waals surface area contributed by atoms with Gasteiger partial charge in [0, 0.05) is 25.0 Å². The van der Waals surface area contributed by atoms with E-state index in [1.807, 2.05) is 6.20 Å². The Morgan fingerprint density at radius 2 is 2.06 bits per heavy atom. The van der Waals surface area contributed by atoms with E-state index in [-0.39, 0.29) is 0 Å². The second-order valence-electron chi connectivity index (χ2n) is 5.90. The normalized spacial score (nSPS) is 22.3. The zero-order valence-electron chi connectivity index (χ0n) is 11.3. The number of hydrogen-bond acceptors (Lipinski definition) is 3. The summed E-state index contributed by atoms with van der Waals surface area (Å²) in [6.45, 7) is 3.65. The minimum Gasteiger partial charge on any atom is -0.353 e. The lowest BCUT2D eigenvalue weighted by molar-refractivity contribution is 0.208. The monoisotopic (exact) mass is 248 g/mol. The number of aryl methyl sites for hydroxylation is 1. The van der Waals surface area contributed by atoms with Crippen molar-refractivity contribution in [2.24, 2.45) is 5.92 Å². The lowest BCUT2D eigenvalue weighted by Gasteiger charge is -2.29. The summed E-state index contributed by atoms with van der Waals surface area (Å²) >= 11 is 0. The Hall–Kier alpha value is -1.03. The molecule has 1 saturated heterocycles. The van der Waals surface area contributed by atoms with E-state index in [0.29, 0.717) is 6.04 Å². The zero-order valence-corrected chi connectivity index (χ0v) is 11.3. The molecule has 2 fully saturated rings. The summed E-state index contributed by atoms with van der Waals surface area (Å²) in [7, 11) is 2.23. The summed E-state index contributed by atoms with van der Waals surface area (Å²) in [4.78, 5) is 6.85. The van der Waals surface area contributed by atoms with Gasteiger partial charge in [-0.2, -0.15) is 0 Å². The first kappa shape index (κ1) is 12.0. The Labute approximate surface area is 109 Å². The molecule has 4 heteroatoms. The fourth-order valence-electron chi connectivity index (χ4n) is 2.71. The Kier molecular flexibility index (Phi) is 3.55. The molecule has 1 aliphatic heterocycles. The van der Waals surface area contributed by atoms with Gasteiger partial charge >= 0.3 is 0 Å². The summed E-state index contributed by atoms with van der Waals surface area (Å²) in [5, 5.41) is 3.50. The molecule has 4 nitrogen and oxygen atoms in total. The SMILES string of the molecule is CN1CCC(CCn2ccnc2NC2CC2)CC1. The molecule has 0 unspecified atom stereocenters. The van der Waals surface area contributed by atoms with Gasteiger partial charge in [0.15, 0.2) is 0 Å². The highest BCUT2D eigenvalue weighted by Crippen LogP contribution is 2.25. The van der Waals surface area contributed by atoms with E-state index < -0.39 is 0 Å². The number of rotatable bonds is 5. The predicted octanol–water partition coefficient (Wildman–Crippen LogP) is 2.19. The van der Waals surface area contributed by atoms with Crippen LogP contribution in [-0.4, -0.2) is 40.6 Å². The van der Waals surface area contributed by atoms with E-state index in [4.69, 9.17) is 0 Å². The molecule has 0 radical (unpaired) electrons. The van der Waals surface area contributed by atoms with Crippen LogP contribution in [0.3, 0.4) is 0 Å². The van der Waals surface area contributed by atoms with E-state index in [1.165, 1.54) is 45.2 Å². The van der Waals surface area contributed by atoms with Crippen molar-refractivity contribution in [3.63, 3.8) is 0 Å². The van der Waals surface area contributed by atoms with Crippen LogP contribution in [0.25, 0.3) is 0 Å². The topological polar surface area (TPSA) is 33.1 Å². The van der Waals surface area contributed by atoms with E-state index in [0.717, 1.165) is 18.4 Å². The van der Waals surface area contributed by atoms with Gasteiger partial charge in [-0.05, 0) is 58.2 Å². The number of anilines is 1. The fourth-order valence-corrected chi connectivity index (χ4v) is 2.71. The van der Waals surface area contributed by atoms with Crippen LogP contribution in [-0.2, 0) is 6.54 Å². The van der Waals surface area contributed by atoms with Crippen LogP contribution in [0.1, 0.15) is 32.1 Å². The average molecular weight is 248 g/mol. The molecule has 0 spiro atoms. The Morgan fingerprint density at radius 3 is 2.78 bits per heavy atom. The van der Waals surface area contributed by atoms with Crippen molar-refractivity contribution in [1.29, 1.82) is 0 Å². The molecule has 0 amide bonds. The van der Waals surface area contributed by atoms with Crippen LogP contribution in [0.2, 0.25) is 0 Å². The quantitative estimate of drug-likeness (QED) is 0.867. The van der Waals surface area contributed by atoms with Crippen molar-refractivity contribution in [3.05, 3.63) is 12.4 Å². The van der Waals surface area contributed by atoms with Crippen LogP contribution >= 0.6 is 0 Å². The third kappa shape index (κ3) is 3.05. The van der Waals surface area contributed by atoms with Gasteiger partial charge in [0.05, 0.1) is 0 Å². The number of nitrogens with one attached hydrogen (secondary N) is 1. The minimum atomic E-state index is 0.689. The highest BCUT2D eigenvalue weighted by atomic mass is 15.2. The lowest BCUT2D eigenvalue weighted by Crippen LogP contribution is -2.30. The molecule has 100 valence electrons. The Balaban J connectivity index is 1.48. The fraction of sp³-hybridized carbons (Fsp3) is 0.786. The maximum Gasteiger partial charge on any atom is 0.202 e. The van der Waals surface area contributed by atoms with Gasteiger partial charge in [-0.15, -0.1) is 0 Å². The highest BCUT2D eigenvalue weighted by molar-refractivity contribution is 5.29. The van der Waals surface area contributed by atoms with Crippen LogP contribution in [0.15, 0.2) is 12.4 Å². The van der Waals surface area contributed by atoms with E-state index in [2.05, 4.69) is 33.0 Å². The van der Waals surface area contributed by atoms with Crippen molar-refractivity contribution in [2.75, 3.05) is 25.5 Å². The van der Waals surface area contributed by atoms with E-state index >= 15 is 0 Å². The molecule has 1 saturated carbocycles. The third-order valence-corrected chi connectivity index (χ3v) is 4.24. The maximum absolute atomic E-state index is 4.42. The first-order valence-corrected chi connectivity index (χ1v) is 7.27. The molecular formula is C14H24N4. The highest BCUT2D eigenvalue weighted by Gasteiger charge is 2.23. The number of hydrogen-bond donors (Lipinski definition) is 1. The van der Waals surface area contributed by atoms with Crippen LogP contribution in [0.4, 0.5) is 5.95 Å². The maximum atomic E-state index is 4.42. The Bertz CT molecular complexity index is 375. The summed E-state index contributed by atoms with van der Waals surface area (Å²) in [5.41, 5.74) is 0. The number of aromatic nitrogens is 2. The molecule has 2 heterocycles. The molecule has 1 aromatic rings. The number of imidazole rings is 1. The molecule has 0 bridgehead atoms. The van der Waals surface area contributed by atoms with Gasteiger partial charge in [-0.25, -0.2) is 4.98 Å². The van der Waals surface area contributed by atoms with Gasteiger partial charge in [-0.1, -0.05) is 0 Å². The van der Waals surface area contributed by atoms with Gasteiger partial charge in [0.2, 0.25) is 5.95 Å². The standard InChI is InChI=1S/C14H24N4/c1-17-8-4-12(5-9-17)6-10-18-11-7-15-14(18)16-13-2-3-13/h7,11-13H,2-6,8-10H2,1H3,(H,15,16). The largest absolute Gasteiger partial charge is 0.353 e. The molecule has 3 rings (SSSR count). The predicted molar refractivity (Wildman–Crippen MR) is 73.7 cm³/mol. The van der Waals surface area contributed by atoms with Crippen molar-refractivity contribution < 1.29 is 0 Å². The summed E-state index contributed by atoms with van der Waals surface area (Å²) in [5.74, 6) is 1.97. The smallest absolute Gasteiger partial charge is 0.202 e. The number of nitrogens with zero attached hydrogens (tertiary/aromatic N) is 3. The van der Waals surface area contributed by atoms with Crippen molar-refractivity contribution in [2.45, 2.75) is 44.7 Å². The average Bonchev–Trinajstić information content (AvgIpc) is 3.08.